The zero-order valence-electron chi connectivity index (χ0n) is 8.61. The number of aromatic nitrogens is 2. The molecular weight excluding hydrogens is 208 g/mol. The Hall–Kier alpha value is -1.62. The molecule has 0 saturated heterocycles. The fourth-order valence-corrected chi connectivity index (χ4v) is 1.83. The first-order valence-electron chi connectivity index (χ1n) is 4.60. The molecule has 5 heteroatoms. The van der Waals surface area contributed by atoms with Gasteiger partial charge in [0.1, 0.15) is 17.5 Å². The number of nitrogens with one attached hydrogen (secondary N) is 2. The van der Waals surface area contributed by atoms with Crippen LogP contribution < -0.4 is 10.6 Å². The van der Waals surface area contributed by atoms with Crippen LogP contribution >= 0.6 is 11.3 Å². The molecule has 2 rings (SSSR count). The normalized spacial score (nSPS) is 10.0. The molecule has 0 radical (unpaired) electrons. The topological polar surface area (TPSA) is 49.8 Å². The van der Waals surface area contributed by atoms with Crippen LogP contribution in [0.15, 0.2) is 22.9 Å². The van der Waals surface area contributed by atoms with Crippen molar-refractivity contribution in [2.24, 2.45) is 0 Å². The number of anilines is 3. The van der Waals surface area contributed by atoms with Gasteiger partial charge in [0.25, 0.3) is 0 Å². The number of hydrogen-bond donors (Lipinski definition) is 2. The van der Waals surface area contributed by atoms with Crippen LogP contribution in [0.1, 0.15) is 5.82 Å². The number of nitrogens with zero attached hydrogens (tertiary/aromatic N) is 2. The molecule has 2 N–H and O–H groups in total. The monoisotopic (exact) mass is 220 g/mol. The van der Waals surface area contributed by atoms with E-state index in [0.717, 1.165) is 23.1 Å². The van der Waals surface area contributed by atoms with E-state index in [4.69, 9.17) is 0 Å². The highest BCUT2D eigenvalue weighted by Crippen LogP contribution is 2.19. The molecule has 15 heavy (non-hydrogen) atoms. The first-order chi connectivity index (χ1) is 7.28. The van der Waals surface area contributed by atoms with Gasteiger partial charge in [-0.1, -0.05) is 0 Å². The van der Waals surface area contributed by atoms with Gasteiger partial charge in [0.2, 0.25) is 0 Å². The largest absolute Gasteiger partial charge is 0.373 e. The molecule has 0 saturated carbocycles. The van der Waals surface area contributed by atoms with Crippen LogP contribution in [0.25, 0.3) is 0 Å². The lowest BCUT2D eigenvalue weighted by Gasteiger charge is -2.06. The molecule has 0 aliphatic heterocycles. The third-order valence-corrected chi connectivity index (χ3v) is 2.57. The van der Waals surface area contributed by atoms with Crippen molar-refractivity contribution in [3.63, 3.8) is 0 Å². The maximum absolute atomic E-state index is 4.30. The van der Waals surface area contributed by atoms with E-state index in [-0.39, 0.29) is 0 Å². The van der Waals surface area contributed by atoms with Gasteiger partial charge in [-0.05, 0) is 18.4 Å². The lowest BCUT2D eigenvalue weighted by atomic mass is 10.4. The van der Waals surface area contributed by atoms with E-state index in [9.17, 15) is 0 Å². The Bertz CT molecular complexity index is 439. The second-order valence-electron chi connectivity index (χ2n) is 3.07. The van der Waals surface area contributed by atoms with Crippen molar-refractivity contribution in [1.29, 1.82) is 0 Å². The Morgan fingerprint density at radius 2 is 2.07 bits per heavy atom. The van der Waals surface area contributed by atoms with Crippen LogP contribution in [0.5, 0.6) is 0 Å². The Morgan fingerprint density at radius 1 is 1.27 bits per heavy atom. The summed E-state index contributed by atoms with van der Waals surface area (Å²) in [7, 11) is 1.84. The SMILES string of the molecule is CNc1cc(Nc2ccsc2)nc(C)n1. The molecule has 0 aromatic carbocycles. The molecule has 2 aromatic rings. The molecule has 0 spiro atoms. The van der Waals surface area contributed by atoms with E-state index >= 15 is 0 Å². The minimum absolute atomic E-state index is 0.750. The molecule has 78 valence electrons. The highest BCUT2D eigenvalue weighted by Gasteiger charge is 2.00. The van der Waals surface area contributed by atoms with Gasteiger partial charge in [0, 0.05) is 18.5 Å². The van der Waals surface area contributed by atoms with Crippen molar-refractivity contribution in [3.05, 3.63) is 28.7 Å². The number of rotatable bonds is 3. The second kappa shape index (κ2) is 4.27. The Kier molecular flexibility index (Phi) is 2.82. The highest BCUT2D eigenvalue weighted by atomic mass is 32.1. The lowest BCUT2D eigenvalue weighted by molar-refractivity contribution is 1.06. The number of aryl methyl sites for hydroxylation is 1. The Morgan fingerprint density at radius 3 is 2.73 bits per heavy atom. The first-order valence-corrected chi connectivity index (χ1v) is 5.55. The number of hydrogen-bond acceptors (Lipinski definition) is 5. The van der Waals surface area contributed by atoms with Crippen LogP contribution in [-0.4, -0.2) is 17.0 Å². The minimum atomic E-state index is 0.750. The van der Waals surface area contributed by atoms with Crippen molar-refractivity contribution in [1.82, 2.24) is 9.97 Å². The van der Waals surface area contributed by atoms with E-state index in [1.165, 1.54) is 0 Å². The van der Waals surface area contributed by atoms with E-state index in [0.29, 0.717) is 0 Å². The summed E-state index contributed by atoms with van der Waals surface area (Å²) < 4.78 is 0. The molecule has 0 bridgehead atoms. The van der Waals surface area contributed by atoms with E-state index in [1.807, 2.05) is 36.9 Å². The van der Waals surface area contributed by atoms with Gasteiger partial charge in [-0.2, -0.15) is 11.3 Å². The summed E-state index contributed by atoms with van der Waals surface area (Å²) in [5.74, 6) is 2.38. The van der Waals surface area contributed by atoms with Gasteiger partial charge >= 0.3 is 0 Å². The van der Waals surface area contributed by atoms with Gasteiger partial charge in [-0.25, -0.2) is 9.97 Å². The molecule has 2 heterocycles. The Labute approximate surface area is 92.4 Å². The van der Waals surface area contributed by atoms with Crippen molar-refractivity contribution in [2.75, 3.05) is 17.7 Å². The molecule has 0 amide bonds. The van der Waals surface area contributed by atoms with Crippen LogP contribution in [0.3, 0.4) is 0 Å². The summed E-state index contributed by atoms with van der Waals surface area (Å²) in [4.78, 5) is 8.52. The standard InChI is InChI=1S/C10H12N4S/c1-7-12-9(11-2)5-10(13-7)14-8-3-4-15-6-8/h3-6H,1-2H3,(H2,11,12,13,14). The molecule has 0 unspecified atom stereocenters. The van der Waals surface area contributed by atoms with Crippen LogP contribution in [0.2, 0.25) is 0 Å². The Balaban J connectivity index is 2.24. The smallest absolute Gasteiger partial charge is 0.136 e. The summed E-state index contributed by atoms with van der Waals surface area (Å²) in [6.07, 6.45) is 0. The molecule has 4 nitrogen and oxygen atoms in total. The van der Waals surface area contributed by atoms with Gasteiger partial charge in [0.15, 0.2) is 0 Å². The van der Waals surface area contributed by atoms with Crippen LogP contribution in [0.4, 0.5) is 17.3 Å². The average molecular weight is 220 g/mol. The molecule has 0 aliphatic carbocycles. The zero-order chi connectivity index (χ0) is 10.7. The number of thiophene rings is 1. The van der Waals surface area contributed by atoms with Crippen molar-refractivity contribution in [2.45, 2.75) is 6.92 Å². The molecular formula is C10H12N4S. The van der Waals surface area contributed by atoms with Crippen LogP contribution in [0, 0.1) is 6.92 Å². The third kappa shape index (κ3) is 2.44. The van der Waals surface area contributed by atoms with Crippen molar-refractivity contribution < 1.29 is 0 Å². The second-order valence-corrected chi connectivity index (χ2v) is 3.85. The summed E-state index contributed by atoms with van der Waals surface area (Å²) in [5, 5.41) is 10.3. The highest BCUT2D eigenvalue weighted by molar-refractivity contribution is 7.08. The summed E-state index contributed by atoms with van der Waals surface area (Å²) in [6, 6.07) is 3.89. The summed E-state index contributed by atoms with van der Waals surface area (Å²) in [5.41, 5.74) is 1.06. The van der Waals surface area contributed by atoms with Crippen molar-refractivity contribution in [3.8, 4) is 0 Å². The predicted molar refractivity (Wildman–Crippen MR) is 63.9 cm³/mol. The van der Waals surface area contributed by atoms with Gasteiger partial charge in [-0.15, -0.1) is 0 Å². The van der Waals surface area contributed by atoms with E-state index in [1.54, 1.807) is 11.3 Å². The average Bonchev–Trinajstić information content (AvgIpc) is 2.69. The zero-order valence-corrected chi connectivity index (χ0v) is 9.43. The lowest BCUT2D eigenvalue weighted by Crippen LogP contribution is -2.00. The molecule has 0 fully saturated rings. The first kappa shape index (κ1) is 9.92. The maximum atomic E-state index is 4.30. The fourth-order valence-electron chi connectivity index (χ4n) is 1.24. The van der Waals surface area contributed by atoms with E-state index < -0.39 is 0 Å². The fraction of sp³-hybridized carbons (Fsp3) is 0.200. The molecule has 0 atom stereocenters. The third-order valence-electron chi connectivity index (χ3n) is 1.89. The minimum Gasteiger partial charge on any atom is -0.373 e. The predicted octanol–water partition coefficient (Wildman–Crippen LogP) is 2.63. The van der Waals surface area contributed by atoms with Gasteiger partial charge in [-0.3, -0.25) is 0 Å². The van der Waals surface area contributed by atoms with Crippen LogP contribution in [-0.2, 0) is 0 Å². The van der Waals surface area contributed by atoms with E-state index in [2.05, 4.69) is 20.6 Å². The molecule has 0 aliphatic rings. The quantitative estimate of drug-likeness (QED) is 0.835. The summed E-state index contributed by atoms with van der Waals surface area (Å²) >= 11 is 1.65. The maximum Gasteiger partial charge on any atom is 0.136 e. The molecule has 2 aromatic heterocycles. The van der Waals surface area contributed by atoms with Crippen molar-refractivity contribution >= 4 is 28.7 Å². The van der Waals surface area contributed by atoms with Gasteiger partial charge < -0.3 is 10.6 Å². The van der Waals surface area contributed by atoms with Gasteiger partial charge in [0.05, 0.1) is 5.69 Å². The summed E-state index contributed by atoms with van der Waals surface area (Å²) in [6.45, 7) is 1.87.